The van der Waals surface area contributed by atoms with E-state index in [-0.39, 0.29) is 5.91 Å². The van der Waals surface area contributed by atoms with Crippen LogP contribution in [0.2, 0.25) is 0 Å². The molecule has 1 heterocycles. The summed E-state index contributed by atoms with van der Waals surface area (Å²) in [6.07, 6.45) is 2.08. The number of hydrogen-bond donors (Lipinski definition) is 1. The lowest BCUT2D eigenvalue weighted by Gasteiger charge is -2.09. The number of carbonyl (C=O) groups excluding carboxylic acids is 1. The van der Waals surface area contributed by atoms with Gasteiger partial charge in [-0.25, -0.2) is 4.98 Å². The monoisotopic (exact) mass is 338 g/mol. The molecule has 0 bridgehead atoms. The van der Waals surface area contributed by atoms with Crippen molar-refractivity contribution < 1.29 is 9.53 Å². The molecular formula is C19H18N2O2S. The SMILES string of the molecule is COc1cc(CC(=O)Nc2cccc(-c3nccs3)c2)ccc1C. The van der Waals surface area contributed by atoms with Gasteiger partial charge < -0.3 is 10.1 Å². The number of benzene rings is 2. The van der Waals surface area contributed by atoms with Crippen molar-refractivity contribution in [1.29, 1.82) is 0 Å². The maximum absolute atomic E-state index is 12.3. The zero-order chi connectivity index (χ0) is 16.9. The van der Waals surface area contributed by atoms with Crippen LogP contribution in [0.1, 0.15) is 11.1 Å². The van der Waals surface area contributed by atoms with E-state index in [1.807, 2.05) is 54.8 Å². The quantitative estimate of drug-likeness (QED) is 0.754. The van der Waals surface area contributed by atoms with E-state index in [2.05, 4.69) is 10.3 Å². The standard InChI is InChI=1S/C19H18N2O2S/c1-13-6-7-14(10-17(13)23-2)11-18(22)21-16-5-3-4-15(12-16)19-20-8-9-24-19/h3-10,12H,11H2,1-2H3,(H,21,22). The lowest BCUT2D eigenvalue weighted by Crippen LogP contribution is -2.14. The van der Waals surface area contributed by atoms with Crippen LogP contribution in [0.3, 0.4) is 0 Å². The molecule has 1 N–H and O–H groups in total. The molecule has 24 heavy (non-hydrogen) atoms. The second-order valence-electron chi connectivity index (χ2n) is 5.45. The highest BCUT2D eigenvalue weighted by Crippen LogP contribution is 2.24. The van der Waals surface area contributed by atoms with Gasteiger partial charge in [0.05, 0.1) is 13.5 Å². The summed E-state index contributed by atoms with van der Waals surface area (Å²) in [6, 6.07) is 13.5. The van der Waals surface area contributed by atoms with Crippen molar-refractivity contribution in [2.24, 2.45) is 0 Å². The van der Waals surface area contributed by atoms with E-state index in [4.69, 9.17) is 4.74 Å². The van der Waals surface area contributed by atoms with Crippen LogP contribution in [0.4, 0.5) is 5.69 Å². The molecule has 3 aromatic rings. The van der Waals surface area contributed by atoms with Crippen LogP contribution >= 0.6 is 11.3 Å². The van der Waals surface area contributed by atoms with E-state index in [1.165, 1.54) is 0 Å². The Bertz CT molecular complexity index is 844. The lowest BCUT2D eigenvalue weighted by atomic mass is 10.1. The zero-order valence-corrected chi connectivity index (χ0v) is 14.4. The molecule has 1 amide bonds. The fraction of sp³-hybridized carbons (Fsp3) is 0.158. The zero-order valence-electron chi connectivity index (χ0n) is 13.6. The minimum absolute atomic E-state index is 0.0582. The number of ether oxygens (including phenoxy) is 1. The van der Waals surface area contributed by atoms with Crippen LogP contribution in [-0.2, 0) is 11.2 Å². The number of rotatable bonds is 5. The average molecular weight is 338 g/mol. The molecule has 4 nitrogen and oxygen atoms in total. The molecule has 0 aliphatic heterocycles. The molecule has 0 fully saturated rings. The van der Waals surface area contributed by atoms with Gasteiger partial charge in [-0.2, -0.15) is 0 Å². The van der Waals surface area contributed by atoms with Crippen molar-refractivity contribution in [3.63, 3.8) is 0 Å². The fourth-order valence-corrected chi connectivity index (χ4v) is 3.10. The molecule has 0 saturated heterocycles. The molecule has 0 unspecified atom stereocenters. The van der Waals surface area contributed by atoms with Gasteiger partial charge in [0.1, 0.15) is 10.8 Å². The Kier molecular flexibility index (Phi) is 4.91. The van der Waals surface area contributed by atoms with Crippen molar-refractivity contribution in [2.45, 2.75) is 13.3 Å². The number of amides is 1. The van der Waals surface area contributed by atoms with Crippen LogP contribution in [0, 0.1) is 6.92 Å². The summed E-state index contributed by atoms with van der Waals surface area (Å²) < 4.78 is 5.31. The molecule has 2 aromatic carbocycles. The largest absolute Gasteiger partial charge is 0.496 e. The topological polar surface area (TPSA) is 51.2 Å². The second kappa shape index (κ2) is 7.27. The van der Waals surface area contributed by atoms with Crippen LogP contribution < -0.4 is 10.1 Å². The molecular weight excluding hydrogens is 320 g/mol. The van der Waals surface area contributed by atoms with Gasteiger partial charge in [-0.3, -0.25) is 4.79 Å². The van der Waals surface area contributed by atoms with Crippen molar-refractivity contribution >= 4 is 22.9 Å². The highest BCUT2D eigenvalue weighted by atomic mass is 32.1. The summed E-state index contributed by atoms with van der Waals surface area (Å²) in [5, 5.41) is 5.82. The lowest BCUT2D eigenvalue weighted by molar-refractivity contribution is -0.115. The molecule has 3 rings (SSSR count). The van der Waals surface area contributed by atoms with Crippen LogP contribution in [-0.4, -0.2) is 18.0 Å². The molecule has 0 atom stereocenters. The average Bonchev–Trinajstić information content (AvgIpc) is 3.11. The summed E-state index contributed by atoms with van der Waals surface area (Å²) in [7, 11) is 1.64. The number of nitrogens with zero attached hydrogens (tertiary/aromatic N) is 1. The molecule has 5 heteroatoms. The highest BCUT2D eigenvalue weighted by Gasteiger charge is 2.08. The van der Waals surface area contributed by atoms with Crippen LogP contribution in [0.25, 0.3) is 10.6 Å². The number of hydrogen-bond acceptors (Lipinski definition) is 4. The van der Waals surface area contributed by atoms with Gasteiger partial charge in [0.2, 0.25) is 5.91 Å². The number of aromatic nitrogens is 1. The predicted octanol–water partition coefficient (Wildman–Crippen LogP) is 4.31. The first kappa shape index (κ1) is 16.2. The van der Waals surface area contributed by atoms with Gasteiger partial charge in [0.25, 0.3) is 0 Å². The van der Waals surface area contributed by atoms with Gasteiger partial charge in [-0.05, 0) is 36.2 Å². The second-order valence-corrected chi connectivity index (χ2v) is 6.34. The van der Waals surface area contributed by atoms with Gasteiger partial charge in [-0.1, -0.05) is 24.3 Å². The number of anilines is 1. The third-order valence-electron chi connectivity index (χ3n) is 3.66. The fourth-order valence-electron chi connectivity index (χ4n) is 2.46. The maximum Gasteiger partial charge on any atom is 0.228 e. The molecule has 0 radical (unpaired) electrons. The van der Waals surface area contributed by atoms with E-state index in [9.17, 15) is 4.79 Å². The first-order chi connectivity index (χ1) is 11.7. The Balaban J connectivity index is 1.70. The Labute approximate surface area is 145 Å². The molecule has 0 aliphatic carbocycles. The summed E-state index contributed by atoms with van der Waals surface area (Å²) in [5.74, 6) is 0.739. The Morgan fingerprint density at radius 1 is 1.25 bits per heavy atom. The number of nitrogens with one attached hydrogen (secondary N) is 1. The van der Waals surface area contributed by atoms with Crippen LogP contribution in [0.5, 0.6) is 5.75 Å². The molecule has 0 spiro atoms. The Morgan fingerprint density at radius 3 is 2.88 bits per heavy atom. The van der Waals surface area contributed by atoms with Gasteiger partial charge >= 0.3 is 0 Å². The van der Waals surface area contributed by atoms with E-state index in [1.54, 1.807) is 24.6 Å². The molecule has 0 saturated carbocycles. The first-order valence-electron chi connectivity index (χ1n) is 7.59. The van der Waals surface area contributed by atoms with Crippen molar-refractivity contribution in [3.05, 3.63) is 65.2 Å². The summed E-state index contributed by atoms with van der Waals surface area (Å²) >= 11 is 1.57. The van der Waals surface area contributed by atoms with Crippen molar-refractivity contribution in [2.75, 3.05) is 12.4 Å². The molecule has 0 aliphatic rings. The van der Waals surface area contributed by atoms with Gasteiger partial charge in [0.15, 0.2) is 0 Å². The normalized spacial score (nSPS) is 10.4. The maximum atomic E-state index is 12.3. The summed E-state index contributed by atoms with van der Waals surface area (Å²) in [5.41, 5.74) is 3.75. The summed E-state index contributed by atoms with van der Waals surface area (Å²) in [4.78, 5) is 16.6. The van der Waals surface area contributed by atoms with E-state index >= 15 is 0 Å². The predicted molar refractivity (Wildman–Crippen MR) is 97.6 cm³/mol. The minimum atomic E-state index is -0.0582. The number of methoxy groups -OCH3 is 1. The summed E-state index contributed by atoms with van der Waals surface area (Å²) in [6.45, 7) is 1.98. The van der Waals surface area contributed by atoms with E-state index < -0.39 is 0 Å². The van der Waals surface area contributed by atoms with Gasteiger partial charge in [0, 0.05) is 22.8 Å². The Morgan fingerprint density at radius 2 is 2.12 bits per heavy atom. The Hall–Kier alpha value is -2.66. The van der Waals surface area contributed by atoms with Crippen molar-refractivity contribution in [3.8, 4) is 16.3 Å². The third kappa shape index (κ3) is 3.81. The van der Waals surface area contributed by atoms with Crippen LogP contribution in [0.15, 0.2) is 54.0 Å². The highest BCUT2D eigenvalue weighted by molar-refractivity contribution is 7.13. The smallest absolute Gasteiger partial charge is 0.228 e. The van der Waals surface area contributed by atoms with Gasteiger partial charge in [-0.15, -0.1) is 11.3 Å². The van der Waals surface area contributed by atoms with Crippen molar-refractivity contribution in [1.82, 2.24) is 4.98 Å². The molecule has 1 aromatic heterocycles. The number of carbonyl (C=O) groups is 1. The third-order valence-corrected chi connectivity index (χ3v) is 4.48. The minimum Gasteiger partial charge on any atom is -0.496 e. The number of thiazole rings is 1. The van der Waals surface area contributed by atoms with E-state index in [0.29, 0.717) is 6.42 Å². The van der Waals surface area contributed by atoms with E-state index in [0.717, 1.165) is 33.1 Å². The molecule has 122 valence electrons. The number of aryl methyl sites for hydroxylation is 1. The first-order valence-corrected chi connectivity index (χ1v) is 8.47.